The van der Waals surface area contributed by atoms with Crippen LogP contribution in [0.15, 0.2) is 53.9 Å². The van der Waals surface area contributed by atoms with E-state index in [4.69, 9.17) is 4.74 Å². The van der Waals surface area contributed by atoms with Gasteiger partial charge in [-0.3, -0.25) is 10.2 Å². The average Bonchev–Trinajstić information content (AvgIpc) is 3.44. The van der Waals surface area contributed by atoms with E-state index in [1.54, 1.807) is 33.9 Å². The van der Waals surface area contributed by atoms with Crippen molar-refractivity contribution >= 4 is 17.4 Å². The predicted octanol–water partition coefficient (Wildman–Crippen LogP) is 5.11. The number of aliphatic hydroxyl groups is 1. The first kappa shape index (κ1) is 25.5. The number of nitrogens with zero attached hydrogens (tertiary/aromatic N) is 3. The summed E-state index contributed by atoms with van der Waals surface area (Å²) in [7, 11) is 0. The maximum absolute atomic E-state index is 14.0. The van der Waals surface area contributed by atoms with Gasteiger partial charge < -0.3 is 24.6 Å². The fourth-order valence-electron chi connectivity index (χ4n) is 4.89. The van der Waals surface area contributed by atoms with E-state index in [-0.39, 0.29) is 17.9 Å². The highest BCUT2D eigenvalue weighted by atomic mass is 19.1. The van der Waals surface area contributed by atoms with E-state index in [0.29, 0.717) is 45.9 Å². The Kier molecular flexibility index (Phi) is 6.27. The summed E-state index contributed by atoms with van der Waals surface area (Å²) in [6.07, 6.45) is 3.48. The Morgan fingerprint density at radius 3 is 2.55 bits per heavy atom. The van der Waals surface area contributed by atoms with Gasteiger partial charge in [0.15, 0.2) is 6.17 Å². The molecule has 3 N–H and O–H groups in total. The van der Waals surface area contributed by atoms with Crippen molar-refractivity contribution in [2.24, 2.45) is 5.10 Å². The number of ether oxygens (including phenoxy) is 1. The third kappa shape index (κ3) is 4.43. The molecule has 2 aliphatic rings. The van der Waals surface area contributed by atoms with Gasteiger partial charge in [0.2, 0.25) is 0 Å². The number of carbonyl (C=O) groups excluding carboxylic acids is 1. The number of amidine groups is 1. The minimum atomic E-state index is -1.11. The van der Waals surface area contributed by atoms with Gasteiger partial charge in [-0.15, -0.1) is 0 Å². The van der Waals surface area contributed by atoms with E-state index in [9.17, 15) is 14.3 Å². The number of benzene rings is 2. The van der Waals surface area contributed by atoms with Gasteiger partial charge in [0.1, 0.15) is 23.2 Å². The fraction of sp³-hybridized carbons (Fsp3) is 0.310. The molecule has 2 aromatic carbocycles. The van der Waals surface area contributed by atoms with Gasteiger partial charge in [-0.1, -0.05) is 6.07 Å². The van der Waals surface area contributed by atoms with Gasteiger partial charge >= 0.3 is 0 Å². The molecule has 0 aliphatic carbocycles. The molecule has 38 heavy (non-hydrogen) atoms. The zero-order valence-corrected chi connectivity index (χ0v) is 22.4. The molecule has 3 heterocycles. The van der Waals surface area contributed by atoms with Crippen molar-refractivity contribution in [1.29, 1.82) is 0 Å². The van der Waals surface area contributed by atoms with Crippen molar-refractivity contribution in [2.45, 2.75) is 53.3 Å². The van der Waals surface area contributed by atoms with E-state index in [0.717, 1.165) is 17.2 Å². The number of rotatable bonds is 6. The second-order valence-corrected chi connectivity index (χ2v) is 10.2. The van der Waals surface area contributed by atoms with Crippen LogP contribution in [0.4, 0.5) is 4.39 Å². The zero-order chi connectivity index (χ0) is 27.4. The molecule has 0 saturated heterocycles. The number of hydrazone groups is 1. The van der Waals surface area contributed by atoms with E-state index in [1.807, 2.05) is 53.8 Å². The SMILES string of the molecule is CCNC(=O)c1cc2n(c1)C(c1cc(C(C)(C)O)ccc1Oc1c(C)cc(F)cc1C)=CN1C(C)=NNC21. The molecule has 1 atom stereocenters. The normalized spacial score (nSPS) is 16.3. The number of hydrogen-bond donors (Lipinski definition) is 3. The van der Waals surface area contributed by atoms with Crippen molar-refractivity contribution in [3.63, 3.8) is 0 Å². The lowest BCUT2D eigenvalue weighted by Gasteiger charge is -2.32. The molecule has 0 radical (unpaired) electrons. The van der Waals surface area contributed by atoms with Crippen LogP contribution in [0.2, 0.25) is 0 Å². The minimum absolute atomic E-state index is 0.171. The zero-order valence-electron chi connectivity index (χ0n) is 22.4. The van der Waals surface area contributed by atoms with Crippen LogP contribution in [0, 0.1) is 19.7 Å². The molecule has 0 spiro atoms. The number of hydrogen-bond acceptors (Lipinski definition) is 6. The summed E-state index contributed by atoms with van der Waals surface area (Å²) in [5.74, 6) is 1.37. The molecule has 198 valence electrons. The first-order valence-corrected chi connectivity index (χ1v) is 12.6. The van der Waals surface area contributed by atoms with Crippen molar-refractivity contribution in [3.8, 4) is 11.5 Å². The number of nitrogens with one attached hydrogen (secondary N) is 2. The molecule has 8 nitrogen and oxygen atoms in total. The molecule has 5 rings (SSSR count). The molecule has 1 unspecified atom stereocenters. The van der Waals surface area contributed by atoms with Crippen LogP contribution in [0.5, 0.6) is 11.5 Å². The topological polar surface area (TPSA) is 91.1 Å². The first-order valence-electron chi connectivity index (χ1n) is 12.6. The van der Waals surface area contributed by atoms with Crippen LogP contribution in [0.25, 0.3) is 5.70 Å². The standard InChI is InChI=1S/C29H32FN5O3/c1-7-31-28(36)19-12-23-27-33-32-18(4)34(27)15-24(35(23)14-19)22-13-20(29(5,6)37)8-9-25(22)38-26-16(2)10-21(30)11-17(26)3/h8-15,27,33,37H,7H2,1-6H3,(H,31,36). The molecular weight excluding hydrogens is 485 g/mol. The number of aromatic nitrogens is 1. The molecule has 0 fully saturated rings. The largest absolute Gasteiger partial charge is 0.456 e. The summed E-state index contributed by atoms with van der Waals surface area (Å²) in [5.41, 5.74) is 6.86. The molecular formula is C29H32FN5O3. The first-order chi connectivity index (χ1) is 18.0. The smallest absolute Gasteiger partial charge is 0.252 e. The number of aryl methyl sites for hydroxylation is 2. The third-order valence-electron chi connectivity index (χ3n) is 6.85. The summed E-state index contributed by atoms with van der Waals surface area (Å²) in [5, 5.41) is 18.1. The van der Waals surface area contributed by atoms with Crippen LogP contribution in [-0.4, -0.2) is 32.9 Å². The highest BCUT2D eigenvalue weighted by Gasteiger charge is 2.35. The highest BCUT2D eigenvalue weighted by molar-refractivity contribution is 5.95. The van der Waals surface area contributed by atoms with Crippen molar-refractivity contribution in [1.82, 2.24) is 20.2 Å². The molecule has 9 heteroatoms. The molecule has 3 aromatic rings. The third-order valence-corrected chi connectivity index (χ3v) is 6.85. The van der Waals surface area contributed by atoms with Gasteiger partial charge in [-0.25, -0.2) is 4.39 Å². The average molecular weight is 518 g/mol. The number of halogens is 1. The lowest BCUT2D eigenvalue weighted by molar-refractivity contribution is 0.0785. The monoisotopic (exact) mass is 517 g/mol. The summed E-state index contributed by atoms with van der Waals surface area (Å²) in [4.78, 5) is 14.8. The molecule has 1 amide bonds. The van der Waals surface area contributed by atoms with Gasteiger partial charge in [-0.2, -0.15) is 5.10 Å². The quantitative estimate of drug-likeness (QED) is 0.423. The van der Waals surface area contributed by atoms with Crippen LogP contribution < -0.4 is 15.5 Å². The fourth-order valence-corrected chi connectivity index (χ4v) is 4.89. The molecule has 0 bridgehead atoms. The number of amides is 1. The summed E-state index contributed by atoms with van der Waals surface area (Å²) in [6, 6.07) is 10.3. The summed E-state index contributed by atoms with van der Waals surface area (Å²) < 4.78 is 22.4. The lowest BCUT2D eigenvalue weighted by Crippen LogP contribution is -2.33. The lowest BCUT2D eigenvalue weighted by atomic mass is 9.94. The van der Waals surface area contributed by atoms with E-state index in [1.165, 1.54) is 12.1 Å². The highest BCUT2D eigenvalue weighted by Crippen LogP contribution is 2.41. The Hall–Kier alpha value is -4.11. The van der Waals surface area contributed by atoms with Crippen molar-refractivity contribution in [3.05, 3.63) is 88.1 Å². The van der Waals surface area contributed by atoms with E-state index >= 15 is 0 Å². The van der Waals surface area contributed by atoms with E-state index in [2.05, 4.69) is 15.8 Å². The number of carbonyl (C=O) groups is 1. The maximum Gasteiger partial charge on any atom is 0.252 e. The Balaban J connectivity index is 1.71. The second-order valence-electron chi connectivity index (χ2n) is 10.2. The molecule has 2 aliphatic heterocycles. The van der Waals surface area contributed by atoms with Crippen molar-refractivity contribution < 1.29 is 19.0 Å². The van der Waals surface area contributed by atoms with Crippen LogP contribution in [0.3, 0.4) is 0 Å². The van der Waals surface area contributed by atoms with Gasteiger partial charge in [-0.05, 0) is 88.6 Å². The van der Waals surface area contributed by atoms with E-state index < -0.39 is 5.60 Å². The molecule has 0 saturated carbocycles. The van der Waals surface area contributed by atoms with Crippen LogP contribution in [0.1, 0.15) is 72.2 Å². The Morgan fingerprint density at radius 2 is 1.89 bits per heavy atom. The van der Waals surface area contributed by atoms with Crippen LogP contribution >= 0.6 is 0 Å². The van der Waals surface area contributed by atoms with Gasteiger partial charge in [0.05, 0.1) is 22.6 Å². The van der Waals surface area contributed by atoms with Gasteiger partial charge in [0.25, 0.3) is 5.91 Å². The predicted molar refractivity (Wildman–Crippen MR) is 144 cm³/mol. The molecule has 1 aromatic heterocycles. The Morgan fingerprint density at radius 1 is 1.18 bits per heavy atom. The maximum atomic E-state index is 14.0. The second kappa shape index (κ2) is 9.33. The summed E-state index contributed by atoms with van der Waals surface area (Å²) in [6.45, 7) is 11.4. The summed E-state index contributed by atoms with van der Waals surface area (Å²) >= 11 is 0. The number of fused-ring (bicyclic) bond motifs is 3. The van der Waals surface area contributed by atoms with Crippen LogP contribution in [-0.2, 0) is 5.60 Å². The van der Waals surface area contributed by atoms with Crippen molar-refractivity contribution in [2.75, 3.05) is 6.54 Å². The Labute approximate surface area is 221 Å². The minimum Gasteiger partial charge on any atom is -0.456 e. The Bertz CT molecular complexity index is 1480. The van der Waals surface area contributed by atoms with Gasteiger partial charge in [0, 0.05) is 24.5 Å².